The van der Waals surface area contributed by atoms with E-state index in [0.29, 0.717) is 19.0 Å². The summed E-state index contributed by atoms with van der Waals surface area (Å²) in [5.74, 6) is 0.526. The summed E-state index contributed by atoms with van der Waals surface area (Å²) in [5.41, 5.74) is 2.63. The lowest BCUT2D eigenvalue weighted by atomic mass is 10.1. The molecule has 5 nitrogen and oxygen atoms in total. The van der Waals surface area contributed by atoms with Crippen molar-refractivity contribution in [1.29, 1.82) is 5.26 Å². The van der Waals surface area contributed by atoms with Gasteiger partial charge in [0.1, 0.15) is 5.75 Å². The first-order valence-corrected chi connectivity index (χ1v) is 7.37. The molecule has 1 aliphatic rings. The van der Waals surface area contributed by atoms with E-state index in [4.69, 9.17) is 10.00 Å². The van der Waals surface area contributed by atoms with E-state index in [1.165, 1.54) is 11.1 Å². The molecule has 21 heavy (non-hydrogen) atoms. The summed E-state index contributed by atoms with van der Waals surface area (Å²) in [5, 5.41) is 14.5. The number of hydrogen-bond donors (Lipinski definition) is 2. The van der Waals surface area contributed by atoms with E-state index in [0.717, 1.165) is 25.1 Å². The Kier molecular flexibility index (Phi) is 5.59. The van der Waals surface area contributed by atoms with E-state index in [2.05, 4.69) is 23.6 Å². The van der Waals surface area contributed by atoms with Crippen LogP contribution in [0, 0.1) is 11.3 Å². The van der Waals surface area contributed by atoms with Crippen molar-refractivity contribution in [1.82, 2.24) is 10.6 Å². The summed E-state index contributed by atoms with van der Waals surface area (Å²) in [6, 6.07) is 8.44. The van der Waals surface area contributed by atoms with Crippen molar-refractivity contribution in [2.75, 3.05) is 19.7 Å². The largest absolute Gasteiger partial charge is 0.484 e. The van der Waals surface area contributed by atoms with Gasteiger partial charge in [-0.05, 0) is 42.6 Å². The van der Waals surface area contributed by atoms with Gasteiger partial charge in [0.2, 0.25) is 0 Å². The van der Waals surface area contributed by atoms with Crippen LogP contribution in [0.2, 0.25) is 0 Å². The lowest BCUT2D eigenvalue weighted by molar-refractivity contribution is -0.123. The standard InChI is InChI=1S/C16H21N3O2/c1-2-18-15-7-4-12-10-13(5-6-14(12)15)21-11-16(20)19-9-3-8-17/h5-6,10,15,18H,2-4,7,9,11H2,1H3,(H,19,20). The Morgan fingerprint density at radius 1 is 1.52 bits per heavy atom. The first-order valence-electron chi connectivity index (χ1n) is 7.37. The average Bonchev–Trinajstić information content (AvgIpc) is 2.88. The molecule has 0 saturated heterocycles. The Morgan fingerprint density at radius 3 is 3.14 bits per heavy atom. The highest BCUT2D eigenvalue weighted by molar-refractivity contribution is 5.77. The van der Waals surface area contributed by atoms with E-state index in [1.807, 2.05) is 18.2 Å². The molecule has 1 aliphatic carbocycles. The van der Waals surface area contributed by atoms with Crippen molar-refractivity contribution in [2.24, 2.45) is 0 Å². The van der Waals surface area contributed by atoms with Crippen LogP contribution in [0.4, 0.5) is 0 Å². The third-order valence-corrected chi connectivity index (χ3v) is 3.57. The van der Waals surface area contributed by atoms with E-state index in [1.54, 1.807) is 0 Å². The van der Waals surface area contributed by atoms with Crippen LogP contribution in [0.1, 0.15) is 36.9 Å². The fourth-order valence-electron chi connectivity index (χ4n) is 2.60. The molecule has 0 saturated carbocycles. The second-order valence-electron chi connectivity index (χ2n) is 5.06. The second kappa shape index (κ2) is 7.65. The maximum absolute atomic E-state index is 11.5. The van der Waals surface area contributed by atoms with Crippen molar-refractivity contribution in [3.8, 4) is 11.8 Å². The highest BCUT2D eigenvalue weighted by Gasteiger charge is 2.21. The Labute approximate surface area is 125 Å². The molecule has 0 radical (unpaired) electrons. The predicted molar refractivity (Wildman–Crippen MR) is 79.9 cm³/mol. The normalized spacial score (nSPS) is 16.1. The molecular formula is C16H21N3O2. The average molecular weight is 287 g/mol. The summed E-state index contributed by atoms with van der Waals surface area (Å²) in [4.78, 5) is 11.5. The van der Waals surface area contributed by atoms with Gasteiger partial charge < -0.3 is 15.4 Å². The van der Waals surface area contributed by atoms with Crippen LogP contribution in [0.5, 0.6) is 5.75 Å². The summed E-state index contributed by atoms with van der Waals surface area (Å²) in [6.45, 7) is 3.43. The molecule has 1 unspecified atom stereocenters. The third-order valence-electron chi connectivity index (χ3n) is 3.57. The van der Waals surface area contributed by atoms with Gasteiger partial charge in [-0.2, -0.15) is 5.26 Å². The quantitative estimate of drug-likeness (QED) is 0.748. The molecule has 1 amide bonds. The number of carbonyl (C=O) groups is 1. The fraction of sp³-hybridized carbons (Fsp3) is 0.500. The van der Waals surface area contributed by atoms with E-state index >= 15 is 0 Å². The van der Waals surface area contributed by atoms with Gasteiger partial charge in [0.15, 0.2) is 6.61 Å². The Bertz CT molecular complexity index is 537. The Hall–Kier alpha value is -2.06. The zero-order valence-corrected chi connectivity index (χ0v) is 12.3. The van der Waals surface area contributed by atoms with Crippen LogP contribution >= 0.6 is 0 Å². The van der Waals surface area contributed by atoms with Gasteiger partial charge in [-0.25, -0.2) is 0 Å². The molecular weight excluding hydrogens is 266 g/mol. The molecule has 5 heteroatoms. The zero-order chi connectivity index (χ0) is 15.1. The van der Waals surface area contributed by atoms with Gasteiger partial charge >= 0.3 is 0 Å². The monoisotopic (exact) mass is 287 g/mol. The molecule has 0 aromatic heterocycles. The number of nitrogens with one attached hydrogen (secondary N) is 2. The first kappa shape index (κ1) is 15.3. The molecule has 1 aromatic carbocycles. The highest BCUT2D eigenvalue weighted by Crippen LogP contribution is 2.33. The predicted octanol–water partition coefficient (Wildman–Crippen LogP) is 1.69. The minimum atomic E-state index is -0.198. The van der Waals surface area contributed by atoms with Crippen LogP contribution in [-0.2, 0) is 11.2 Å². The molecule has 0 aliphatic heterocycles. The van der Waals surface area contributed by atoms with E-state index in [-0.39, 0.29) is 12.5 Å². The molecule has 2 rings (SSSR count). The summed E-state index contributed by atoms with van der Waals surface area (Å²) in [7, 11) is 0. The fourth-order valence-corrected chi connectivity index (χ4v) is 2.60. The minimum Gasteiger partial charge on any atom is -0.484 e. The molecule has 1 atom stereocenters. The molecule has 0 heterocycles. The summed E-state index contributed by atoms with van der Waals surface area (Å²) >= 11 is 0. The lowest BCUT2D eigenvalue weighted by Crippen LogP contribution is -2.29. The van der Waals surface area contributed by atoms with Crippen LogP contribution in [0.15, 0.2) is 18.2 Å². The van der Waals surface area contributed by atoms with Gasteiger partial charge in [-0.3, -0.25) is 4.79 Å². The highest BCUT2D eigenvalue weighted by atomic mass is 16.5. The van der Waals surface area contributed by atoms with Crippen molar-refractivity contribution in [2.45, 2.75) is 32.2 Å². The van der Waals surface area contributed by atoms with Crippen LogP contribution in [0.3, 0.4) is 0 Å². The SMILES string of the molecule is CCNC1CCc2cc(OCC(=O)NCCC#N)ccc21. The maximum atomic E-state index is 11.5. The van der Waals surface area contributed by atoms with Crippen molar-refractivity contribution >= 4 is 5.91 Å². The summed E-state index contributed by atoms with van der Waals surface area (Å²) < 4.78 is 5.50. The number of nitriles is 1. The van der Waals surface area contributed by atoms with Crippen LogP contribution in [-0.4, -0.2) is 25.6 Å². The molecule has 2 N–H and O–H groups in total. The van der Waals surface area contributed by atoms with Gasteiger partial charge in [0, 0.05) is 12.6 Å². The number of ether oxygens (including phenoxy) is 1. The lowest BCUT2D eigenvalue weighted by Gasteiger charge is -2.13. The number of nitrogens with zero attached hydrogens (tertiary/aromatic N) is 1. The zero-order valence-electron chi connectivity index (χ0n) is 12.3. The number of hydrogen-bond acceptors (Lipinski definition) is 4. The Morgan fingerprint density at radius 2 is 2.38 bits per heavy atom. The molecule has 0 spiro atoms. The number of benzene rings is 1. The van der Waals surface area contributed by atoms with Crippen molar-refractivity contribution in [3.63, 3.8) is 0 Å². The van der Waals surface area contributed by atoms with Crippen LogP contribution < -0.4 is 15.4 Å². The smallest absolute Gasteiger partial charge is 0.257 e. The van der Waals surface area contributed by atoms with Crippen LogP contribution in [0.25, 0.3) is 0 Å². The summed E-state index contributed by atoms with van der Waals surface area (Å²) in [6.07, 6.45) is 2.47. The first-order chi connectivity index (χ1) is 10.2. The molecule has 0 bridgehead atoms. The Balaban J connectivity index is 1.86. The molecule has 112 valence electrons. The number of rotatable bonds is 7. The number of fused-ring (bicyclic) bond motifs is 1. The number of aryl methyl sites for hydroxylation is 1. The molecule has 1 aromatic rings. The third kappa shape index (κ3) is 4.20. The minimum absolute atomic E-state index is 0.0130. The molecule has 0 fully saturated rings. The van der Waals surface area contributed by atoms with Gasteiger partial charge in [0.05, 0.1) is 12.5 Å². The van der Waals surface area contributed by atoms with E-state index in [9.17, 15) is 4.79 Å². The van der Waals surface area contributed by atoms with Crippen molar-refractivity contribution < 1.29 is 9.53 Å². The maximum Gasteiger partial charge on any atom is 0.257 e. The second-order valence-corrected chi connectivity index (χ2v) is 5.06. The van der Waals surface area contributed by atoms with Crippen molar-refractivity contribution in [3.05, 3.63) is 29.3 Å². The van der Waals surface area contributed by atoms with Gasteiger partial charge in [-0.1, -0.05) is 13.0 Å². The number of carbonyl (C=O) groups excluding carboxylic acids is 1. The van der Waals surface area contributed by atoms with E-state index < -0.39 is 0 Å². The topological polar surface area (TPSA) is 74.2 Å². The number of amides is 1. The van der Waals surface area contributed by atoms with Gasteiger partial charge in [0.25, 0.3) is 5.91 Å². The van der Waals surface area contributed by atoms with Gasteiger partial charge in [-0.15, -0.1) is 0 Å².